The van der Waals surface area contributed by atoms with E-state index in [9.17, 15) is 4.79 Å². The van der Waals surface area contributed by atoms with Crippen molar-refractivity contribution in [3.05, 3.63) is 83.4 Å². The Balaban J connectivity index is 1.58. The van der Waals surface area contributed by atoms with Crippen LogP contribution in [-0.4, -0.2) is 20.9 Å². The molecule has 0 aliphatic carbocycles. The minimum atomic E-state index is -0.238. The molecular formula is C19H19N5O. The number of rotatable bonds is 6. The zero-order valence-corrected chi connectivity index (χ0v) is 13.9. The van der Waals surface area contributed by atoms with Crippen LogP contribution in [0, 0.1) is 6.92 Å². The molecule has 0 saturated carbocycles. The first kappa shape index (κ1) is 16.6. The van der Waals surface area contributed by atoms with Crippen molar-refractivity contribution >= 4 is 11.9 Å². The lowest BCUT2D eigenvalue weighted by molar-refractivity contribution is 0.0946. The summed E-state index contributed by atoms with van der Waals surface area (Å²) in [6, 6.07) is 13.5. The number of carbonyl (C=O) groups is 1. The minimum absolute atomic E-state index is 0.238. The number of pyridine rings is 1. The highest BCUT2D eigenvalue weighted by Gasteiger charge is 2.08. The summed E-state index contributed by atoms with van der Waals surface area (Å²) < 4.78 is 0. The summed E-state index contributed by atoms with van der Waals surface area (Å²) >= 11 is 0. The second-order valence-corrected chi connectivity index (χ2v) is 5.64. The molecule has 0 fully saturated rings. The van der Waals surface area contributed by atoms with Gasteiger partial charge in [-0.05, 0) is 36.2 Å². The van der Waals surface area contributed by atoms with Crippen LogP contribution in [0.5, 0.6) is 0 Å². The summed E-state index contributed by atoms with van der Waals surface area (Å²) in [5, 5.41) is 5.98. The van der Waals surface area contributed by atoms with E-state index < -0.39 is 0 Å². The molecule has 6 nitrogen and oxygen atoms in total. The van der Waals surface area contributed by atoms with Crippen LogP contribution in [0.25, 0.3) is 0 Å². The van der Waals surface area contributed by atoms with Gasteiger partial charge in [-0.2, -0.15) is 0 Å². The number of hydrogen-bond acceptors (Lipinski definition) is 5. The van der Waals surface area contributed by atoms with Crippen LogP contribution >= 0.6 is 0 Å². The Labute approximate surface area is 146 Å². The molecule has 2 N–H and O–H groups in total. The summed E-state index contributed by atoms with van der Waals surface area (Å²) in [6.07, 6.45) is 4.96. The number of hydrogen-bond donors (Lipinski definition) is 2. The third-order valence-corrected chi connectivity index (χ3v) is 3.66. The number of nitrogens with one attached hydrogen (secondary N) is 2. The van der Waals surface area contributed by atoms with E-state index in [1.54, 1.807) is 24.7 Å². The zero-order chi connectivity index (χ0) is 17.5. The Morgan fingerprint density at radius 3 is 2.40 bits per heavy atom. The first-order chi connectivity index (χ1) is 12.2. The smallest absolute Gasteiger partial charge is 0.270 e. The highest BCUT2D eigenvalue weighted by molar-refractivity contribution is 5.92. The van der Waals surface area contributed by atoms with Gasteiger partial charge in [-0.25, -0.2) is 9.97 Å². The molecule has 25 heavy (non-hydrogen) atoms. The summed E-state index contributed by atoms with van der Waals surface area (Å²) in [7, 11) is 0. The molecule has 0 bridgehead atoms. The van der Waals surface area contributed by atoms with E-state index >= 15 is 0 Å². The van der Waals surface area contributed by atoms with Crippen LogP contribution in [0.3, 0.4) is 0 Å². The minimum Gasteiger partial charge on any atom is -0.350 e. The van der Waals surface area contributed by atoms with Crippen LogP contribution in [-0.2, 0) is 13.1 Å². The average molecular weight is 333 g/mol. The van der Waals surface area contributed by atoms with Crippen LogP contribution in [0.15, 0.2) is 61.1 Å². The Morgan fingerprint density at radius 1 is 0.920 bits per heavy atom. The van der Waals surface area contributed by atoms with Gasteiger partial charge in [0.25, 0.3) is 5.91 Å². The van der Waals surface area contributed by atoms with Gasteiger partial charge in [-0.1, -0.05) is 29.8 Å². The topological polar surface area (TPSA) is 79.8 Å². The lowest BCUT2D eigenvalue weighted by atomic mass is 10.1. The molecule has 2 aromatic heterocycles. The molecule has 1 aromatic carbocycles. The van der Waals surface area contributed by atoms with Crippen molar-refractivity contribution in [3.63, 3.8) is 0 Å². The van der Waals surface area contributed by atoms with Crippen molar-refractivity contribution in [1.82, 2.24) is 20.3 Å². The fraction of sp³-hybridized carbons (Fsp3) is 0.158. The van der Waals surface area contributed by atoms with Gasteiger partial charge in [0.2, 0.25) is 5.95 Å². The Morgan fingerprint density at radius 2 is 1.64 bits per heavy atom. The highest BCUT2D eigenvalue weighted by atomic mass is 16.1. The number of benzene rings is 1. The highest BCUT2D eigenvalue weighted by Crippen LogP contribution is 2.07. The number of aryl methyl sites for hydroxylation is 1. The first-order valence-corrected chi connectivity index (χ1v) is 8.00. The molecule has 0 unspecified atom stereocenters. The van der Waals surface area contributed by atoms with E-state index in [2.05, 4.69) is 37.7 Å². The van der Waals surface area contributed by atoms with Crippen molar-refractivity contribution in [3.8, 4) is 0 Å². The second kappa shape index (κ2) is 8.01. The van der Waals surface area contributed by atoms with Gasteiger partial charge in [-0.3, -0.25) is 9.78 Å². The maximum absolute atomic E-state index is 12.2. The van der Waals surface area contributed by atoms with E-state index in [0.717, 1.165) is 11.1 Å². The average Bonchev–Trinajstić information content (AvgIpc) is 2.67. The molecule has 3 rings (SSSR count). The first-order valence-electron chi connectivity index (χ1n) is 8.00. The van der Waals surface area contributed by atoms with Crippen LogP contribution < -0.4 is 10.6 Å². The molecule has 0 atom stereocenters. The zero-order valence-electron chi connectivity index (χ0n) is 13.9. The molecule has 126 valence electrons. The van der Waals surface area contributed by atoms with Crippen LogP contribution in [0.2, 0.25) is 0 Å². The fourth-order valence-electron chi connectivity index (χ4n) is 2.23. The molecule has 3 aromatic rings. The molecule has 6 heteroatoms. The van der Waals surface area contributed by atoms with Gasteiger partial charge in [0.05, 0.1) is 0 Å². The van der Waals surface area contributed by atoms with Crippen molar-refractivity contribution in [2.45, 2.75) is 20.0 Å². The molecular weight excluding hydrogens is 314 g/mol. The van der Waals surface area contributed by atoms with Crippen LogP contribution in [0.1, 0.15) is 27.2 Å². The Kier molecular flexibility index (Phi) is 5.31. The second-order valence-electron chi connectivity index (χ2n) is 5.64. The summed E-state index contributed by atoms with van der Waals surface area (Å²) in [4.78, 5) is 24.6. The summed E-state index contributed by atoms with van der Waals surface area (Å²) in [5.74, 6) is 0.190. The quantitative estimate of drug-likeness (QED) is 0.725. The number of carbonyl (C=O) groups excluding carboxylic acids is 1. The SMILES string of the molecule is Cc1ccc(CNc2nccc(C(=O)NCc3ccncc3)n2)cc1. The monoisotopic (exact) mass is 333 g/mol. The normalized spacial score (nSPS) is 10.3. The largest absolute Gasteiger partial charge is 0.350 e. The van der Waals surface area contributed by atoms with Crippen LogP contribution in [0.4, 0.5) is 5.95 Å². The van der Waals surface area contributed by atoms with Gasteiger partial charge in [0.15, 0.2) is 0 Å². The van der Waals surface area contributed by atoms with E-state index in [1.165, 1.54) is 5.56 Å². The number of anilines is 1. The molecule has 0 aliphatic rings. The lowest BCUT2D eigenvalue weighted by Crippen LogP contribution is -2.24. The fourth-order valence-corrected chi connectivity index (χ4v) is 2.23. The number of nitrogens with zero attached hydrogens (tertiary/aromatic N) is 3. The van der Waals surface area contributed by atoms with Gasteiger partial charge < -0.3 is 10.6 Å². The van der Waals surface area contributed by atoms with E-state index in [-0.39, 0.29) is 5.91 Å². The van der Waals surface area contributed by atoms with Gasteiger partial charge in [-0.15, -0.1) is 0 Å². The third-order valence-electron chi connectivity index (χ3n) is 3.66. The van der Waals surface area contributed by atoms with Gasteiger partial charge >= 0.3 is 0 Å². The van der Waals surface area contributed by atoms with Crippen molar-refractivity contribution in [1.29, 1.82) is 0 Å². The lowest BCUT2D eigenvalue weighted by Gasteiger charge is -2.08. The van der Waals surface area contributed by atoms with Crippen molar-refractivity contribution in [2.75, 3.05) is 5.32 Å². The number of aromatic nitrogens is 3. The van der Waals surface area contributed by atoms with E-state index in [1.807, 2.05) is 31.2 Å². The maximum atomic E-state index is 12.2. The number of amides is 1. The van der Waals surface area contributed by atoms with Crippen molar-refractivity contribution in [2.24, 2.45) is 0 Å². The molecule has 0 saturated heterocycles. The summed E-state index contributed by atoms with van der Waals surface area (Å²) in [5.41, 5.74) is 3.65. The van der Waals surface area contributed by atoms with E-state index in [4.69, 9.17) is 0 Å². The Bertz CT molecular complexity index is 834. The van der Waals surface area contributed by atoms with Crippen molar-refractivity contribution < 1.29 is 4.79 Å². The molecule has 2 heterocycles. The molecule has 0 aliphatic heterocycles. The van der Waals surface area contributed by atoms with Gasteiger partial charge in [0, 0.05) is 31.7 Å². The Hall–Kier alpha value is -3.28. The van der Waals surface area contributed by atoms with Gasteiger partial charge in [0.1, 0.15) is 5.69 Å². The van der Waals surface area contributed by atoms with E-state index in [0.29, 0.717) is 24.7 Å². The standard InChI is InChI=1S/C19H19N5O/c1-14-2-4-15(5-3-14)13-23-19-21-11-8-17(24-19)18(25)22-12-16-6-9-20-10-7-16/h2-11H,12-13H2,1H3,(H,22,25)(H,21,23,24). The molecule has 0 radical (unpaired) electrons. The predicted octanol–water partition coefficient (Wildman–Crippen LogP) is 2.72. The molecule has 1 amide bonds. The maximum Gasteiger partial charge on any atom is 0.270 e. The summed E-state index contributed by atoms with van der Waals surface area (Å²) in [6.45, 7) is 3.08. The molecule has 0 spiro atoms. The third kappa shape index (κ3) is 4.84. The predicted molar refractivity (Wildman–Crippen MR) is 95.9 cm³/mol.